The molecule has 2 rings (SSSR count). The van der Waals surface area contributed by atoms with Crippen LogP contribution in [-0.4, -0.2) is 9.97 Å². The molecule has 2 aromatic rings. The van der Waals surface area contributed by atoms with Crippen molar-refractivity contribution in [3.63, 3.8) is 0 Å². The zero-order valence-electron chi connectivity index (χ0n) is 6.76. The molecule has 0 radical (unpaired) electrons. The van der Waals surface area contributed by atoms with Gasteiger partial charge in [-0.05, 0) is 12.5 Å². The van der Waals surface area contributed by atoms with Crippen molar-refractivity contribution in [2.45, 2.75) is 13.3 Å². The highest BCUT2D eigenvalue weighted by atomic mass is 19.1. The second-order valence-electron chi connectivity index (χ2n) is 2.69. The number of nitrogens with zero attached hydrogens (tertiary/aromatic N) is 1. The summed E-state index contributed by atoms with van der Waals surface area (Å²) in [5.74, 6) is -0.149. The van der Waals surface area contributed by atoms with Crippen molar-refractivity contribution < 1.29 is 4.39 Å². The molecule has 0 saturated carbocycles. The third-order valence-corrected chi connectivity index (χ3v) is 1.97. The number of nitrogens with one attached hydrogen (secondary N) is 1. The van der Waals surface area contributed by atoms with Gasteiger partial charge >= 0.3 is 0 Å². The van der Waals surface area contributed by atoms with Crippen LogP contribution in [0.2, 0.25) is 0 Å². The fourth-order valence-electron chi connectivity index (χ4n) is 1.26. The number of halogens is 1. The standard InChI is InChI=1S/C9H9FN2/c1-2-6-5-12-9-7(8(6)10)3-4-11-9/h3-5H,2H2,1H3,(H,11,12). The highest BCUT2D eigenvalue weighted by Crippen LogP contribution is 2.17. The first-order chi connectivity index (χ1) is 5.83. The molecule has 2 nitrogen and oxygen atoms in total. The van der Waals surface area contributed by atoms with Gasteiger partial charge in [0.25, 0.3) is 0 Å². The van der Waals surface area contributed by atoms with Gasteiger partial charge in [-0.1, -0.05) is 6.92 Å². The Hall–Kier alpha value is -1.38. The van der Waals surface area contributed by atoms with E-state index in [1.165, 1.54) is 0 Å². The normalized spacial score (nSPS) is 10.8. The Morgan fingerprint density at radius 3 is 3.17 bits per heavy atom. The number of rotatable bonds is 1. The van der Waals surface area contributed by atoms with Crippen LogP contribution in [0.15, 0.2) is 18.5 Å². The molecule has 1 N–H and O–H groups in total. The van der Waals surface area contributed by atoms with Gasteiger partial charge in [0.1, 0.15) is 11.5 Å². The molecule has 0 spiro atoms. The minimum Gasteiger partial charge on any atom is -0.346 e. The molecule has 2 aromatic heterocycles. The van der Waals surface area contributed by atoms with Crippen LogP contribution in [0, 0.1) is 5.82 Å². The smallest absolute Gasteiger partial charge is 0.140 e. The molecule has 0 saturated heterocycles. The van der Waals surface area contributed by atoms with Gasteiger partial charge in [0, 0.05) is 18.0 Å². The SMILES string of the molecule is CCc1cnc2[nH]ccc2c1F. The van der Waals surface area contributed by atoms with Crippen molar-refractivity contribution in [1.82, 2.24) is 9.97 Å². The van der Waals surface area contributed by atoms with Gasteiger partial charge in [-0.15, -0.1) is 0 Å². The Morgan fingerprint density at radius 1 is 1.58 bits per heavy atom. The molecule has 0 unspecified atom stereocenters. The molecule has 0 aliphatic rings. The van der Waals surface area contributed by atoms with Crippen LogP contribution in [0.3, 0.4) is 0 Å². The maximum absolute atomic E-state index is 13.4. The number of hydrogen-bond donors (Lipinski definition) is 1. The summed E-state index contributed by atoms with van der Waals surface area (Å²) in [6.07, 6.45) is 3.95. The average molecular weight is 164 g/mol. The largest absolute Gasteiger partial charge is 0.346 e. The highest BCUT2D eigenvalue weighted by Gasteiger charge is 2.06. The van der Waals surface area contributed by atoms with Gasteiger partial charge in [-0.3, -0.25) is 0 Å². The van der Waals surface area contributed by atoms with Crippen molar-refractivity contribution in [1.29, 1.82) is 0 Å². The zero-order valence-corrected chi connectivity index (χ0v) is 6.76. The summed E-state index contributed by atoms with van der Waals surface area (Å²) in [4.78, 5) is 6.94. The Labute approximate surface area is 69.4 Å². The van der Waals surface area contributed by atoms with E-state index >= 15 is 0 Å². The Bertz CT molecular complexity index is 406. The number of pyridine rings is 1. The number of aromatic nitrogens is 2. The third kappa shape index (κ3) is 0.897. The van der Waals surface area contributed by atoms with Crippen molar-refractivity contribution >= 4 is 11.0 Å². The summed E-state index contributed by atoms with van der Waals surface area (Å²) >= 11 is 0. The van der Waals surface area contributed by atoms with Gasteiger partial charge in [0.2, 0.25) is 0 Å². The Morgan fingerprint density at radius 2 is 2.42 bits per heavy atom. The van der Waals surface area contributed by atoms with Gasteiger partial charge in [-0.2, -0.15) is 0 Å². The maximum Gasteiger partial charge on any atom is 0.140 e. The number of H-pyrrole nitrogens is 1. The van der Waals surface area contributed by atoms with Crippen molar-refractivity contribution in [2.24, 2.45) is 0 Å². The summed E-state index contributed by atoms with van der Waals surface area (Å²) in [5, 5.41) is 0.578. The Balaban J connectivity index is 2.78. The summed E-state index contributed by atoms with van der Waals surface area (Å²) < 4.78 is 13.4. The average Bonchev–Trinajstić information content (AvgIpc) is 2.53. The van der Waals surface area contributed by atoms with Crippen LogP contribution in [0.4, 0.5) is 4.39 Å². The fourth-order valence-corrected chi connectivity index (χ4v) is 1.26. The van der Waals surface area contributed by atoms with E-state index in [-0.39, 0.29) is 5.82 Å². The van der Waals surface area contributed by atoms with Crippen LogP contribution in [0.1, 0.15) is 12.5 Å². The second-order valence-corrected chi connectivity index (χ2v) is 2.69. The Kier molecular flexibility index (Phi) is 1.57. The van der Waals surface area contributed by atoms with Gasteiger partial charge in [-0.25, -0.2) is 9.37 Å². The van der Waals surface area contributed by atoms with Crippen molar-refractivity contribution in [2.75, 3.05) is 0 Å². The fraction of sp³-hybridized carbons (Fsp3) is 0.222. The monoisotopic (exact) mass is 164 g/mol. The number of hydrogen-bond acceptors (Lipinski definition) is 1. The number of aryl methyl sites for hydroxylation is 1. The predicted octanol–water partition coefficient (Wildman–Crippen LogP) is 2.26. The topological polar surface area (TPSA) is 28.7 Å². The molecule has 3 heteroatoms. The van der Waals surface area contributed by atoms with Gasteiger partial charge in [0.05, 0.1) is 5.39 Å². The maximum atomic E-state index is 13.4. The van der Waals surface area contributed by atoms with E-state index in [1.807, 2.05) is 6.92 Å². The zero-order chi connectivity index (χ0) is 8.55. The number of fused-ring (bicyclic) bond motifs is 1. The van der Waals surface area contributed by atoms with Crippen LogP contribution in [0.25, 0.3) is 11.0 Å². The lowest BCUT2D eigenvalue weighted by Gasteiger charge is -1.98. The molecule has 0 atom stereocenters. The summed E-state index contributed by atoms with van der Waals surface area (Å²) in [6, 6.07) is 1.71. The molecule has 62 valence electrons. The van der Waals surface area contributed by atoms with E-state index in [4.69, 9.17) is 0 Å². The molecule has 0 aliphatic carbocycles. The predicted molar refractivity (Wildman–Crippen MR) is 45.4 cm³/mol. The lowest BCUT2D eigenvalue weighted by Crippen LogP contribution is -1.90. The molecule has 0 bridgehead atoms. The molecule has 0 fully saturated rings. The third-order valence-electron chi connectivity index (χ3n) is 1.97. The summed E-state index contributed by atoms with van der Waals surface area (Å²) in [7, 11) is 0. The van der Waals surface area contributed by atoms with Crippen LogP contribution in [0.5, 0.6) is 0 Å². The summed E-state index contributed by atoms with van der Waals surface area (Å²) in [5.41, 5.74) is 1.28. The molecule has 0 amide bonds. The lowest BCUT2D eigenvalue weighted by molar-refractivity contribution is 0.622. The van der Waals surface area contributed by atoms with Crippen molar-refractivity contribution in [3.8, 4) is 0 Å². The van der Waals surface area contributed by atoms with E-state index in [0.717, 1.165) is 0 Å². The van der Waals surface area contributed by atoms with E-state index < -0.39 is 0 Å². The molecular formula is C9H9FN2. The molecule has 0 aromatic carbocycles. The lowest BCUT2D eigenvalue weighted by atomic mass is 10.2. The molecule has 12 heavy (non-hydrogen) atoms. The van der Waals surface area contributed by atoms with Crippen molar-refractivity contribution in [3.05, 3.63) is 29.8 Å². The van der Waals surface area contributed by atoms with Crippen LogP contribution >= 0.6 is 0 Å². The first-order valence-electron chi connectivity index (χ1n) is 3.93. The molecular weight excluding hydrogens is 155 g/mol. The first-order valence-corrected chi connectivity index (χ1v) is 3.93. The highest BCUT2D eigenvalue weighted by molar-refractivity contribution is 5.76. The first kappa shape index (κ1) is 7.28. The van der Waals surface area contributed by atoms with E-state index in [0.29, 0.717) is 23.0 Å². The summed E-state index contributed by atoms with van der Waals surface area (Å²) in [6.45, 7) is 1.92. The minimum absolute atomic E-state index is 0.149. The van der Waals surface area contributed by atoms with Crippen LogP contribution in [-0.2, 0) is 6.42 Å². The number of aromatic amines is 1. The van der Waals surface area contributed by atoms with E-state index in [1.54, 1.807) is 18.5 Å². The quantitative estimate of drug-likeness (QED) is 0.688. The molecule has 2 heterocycles. The van der Waals surface area contributed by atoms with E-state index in [2.05, 4.69) is 9.97 Å². The van der Waals surface area contributed by atoms with Crippen LogP contribution < -0.4 is 0 Å². The minimum atomic E-state index is -0.149. The van der Waals surface area contributed by atoms with E-state index in [9.17, 15) is 4.39 Å². The second kappa shape index (κ2) is 2.59. The molecule has 0 aliphatic heterocycles. The van der Waals surface area contributed by atoms with Gasteiger partial charge in [0.15, 0.2) is 0 Å². The van der Waals surface area contributed by atoms with Gasteiger partial charge < -0.3 is 4.98 Å².